The van der Waals surface area contributed by atoms with Gasteiger partial charge < -0.3 is 0 Å². The Bertz CT molecular complexity index is 2510. The minimum Gasteiger partial charge on any atom is -0.0667 e. The topological polar surface area (TPSA) is 0 Å². The smallest absolute Gasteiger partial charge is 0.0667 e. The van der Waals surface area contributed by atoms with Gasteiger partial charge in [-0.3, -0.25) is 0 Å². The van der Waals surface area contributed by atoms with Crippen molar-refractivity contribution in [3.8, 4) is 0 Å². The van der Waals surface area contributed by atoms with Crippen LogP contribution in [0, 0.1) is 0 Å². The molecule has 8 aromatic carbocycles. The number of fused-ring (bicyclic) bond motifs is 4. The highest BCUT2D eigenvalue weighted by Crippen LogP contribution is 2.42. The van der Waals surface area contributed by atoms with Crippen molar-refractivity contribution < 1.29 is 0 Å². The van der Waals surface area contributed by atoms with Crippen LogP contribution in [-0.4, -0.2) is 13.4 Å². The van der Waals surface area contributed by atoms with Crippen LogP contribution in [0.15, 0.2) is 133 Å². The first-order valence-electron chi connectivity index (χ1n) is 20.2. The average molecular weight is 695 g/mol. The van der Waals surface area contributed by atoms with E-state index in [0.717, 1.165) is 0 Å². The molecule has 2 heterocycles. The third-order valence-corrected chi connectivity index (χ3v) is 13.7. The Kier molecular flexibility index (Phi) is 7.27. The molecule has 0 bridgehead atoms. The van der Waals surface area contributed by atoms with Crippen LogP contribution in [-0.2, 0) is 10.8 Å². The molecule has 0 nitrogen and oxygen atoms in total. The lowest BCUT2D eigenvalue weighted by molar-refractivity contribution is 0.646. The molecule has 0 radical (unpaired) electrons. The van der Waals surface area contributed by atoms with Crippen LogP contribution in [0.5, 0.6) is 0 Å². The van der Waals surface area contributed by atoms with Crippen LogP contribution < -0.4 is 32.8 Å². The first-order chi connectivity index (χ1) is 26.0. The Balaban J connectivity index is 1.35. The van der Waals surface area contributed by atoms with E-state index in [1.807, 2.05) is 0 Å². The molecule has 0 aliphatic carbocycles. The monoisotopic (exact) mass is 694 g/mol. The van der Waals surface area contributed by atoms with Gasteiger partial charge in [0.05, 0.1) is 0 Å². The zero-order valence-electron chi connectivity index (χ0n) is 33.0. The maximum atomic E-state index is 2.59. The van der Waals surface area contributed by atoms with E-state index in [0.29, 0.717) is 11.8 Å². The van der Waals surface area contributed by atoms with E-state index in [1.54, 1.807) is 0 Å². The van der Waals surface area contributed by atoms with Gasteiger partial charge in [0.1, 0.15) is 0 Å². The number of hydrogen-bond acceptors (Lipinski definition) is 0. The first-order valence-corrected chi connectivity index (χ1v) is 20.2. The Labute approximate surface area is 322 Å². The molecule has 2 aliphatic heterocycles. The molecular weight excluding hydrogens is 646 g/mol. The van der Waals surface area contributed by atoms with Crippen molar-refractivity contribution in [2.24, 2.45) is 0 Å². The van der Waals surface area contributed by atoms with Gasteiger partial charge in [-0.05, 0) is 77.5 Å². The highest BCUT2D eigenvalue weighted by atomic mass is 14.3. The summed E-state index contributed by atoms with van der Waals surface area (Å²) in [7, 11) is 0. The molecule has 262 valence electrons. The van der Waals surface area contributed by atoms with Crippen LogP contribution in [0.4, 0.5) is 0 Å². The van der Waals surface area contributed by atoms with E-state index in [2.05, 4.69) is 189 Å². The van der Waals surface area contributed by atoms with Crippen LogP contribution >= 0.6 is 0 Å². The lowest BCUT2D eigenvalue weighted by atomic mass is 9.30. The van der Waals surface area contributed by atoms with Crippen molar-refractivity contribution in [1.82, 2.24) is 0 Å². The average Bonchev–Trinajstić information content (AvgIpc) is 3.17. The maximum Gasteiger partial charge on any atom is 0.242 e. The lowest BCUT2D eigenvalue weighted by Gasteiger charge is -2.39. The molecule has 0 amide bonds. The van der Waals surface area contributed by atoms with Gasteiger partial charge in [0.25, 0.3) is 0 Å². The molecule has 2 aliphatic rings. The van der Waals surface area contributed by atoms with E-state index in [9.17, 15) is 0 Å². The summed E-state index contributed by atoms with van der Waals surface area (Å²) in [4.78, 5) is 0. The van der Waals surface area contributed by atoms with E-state index in [-0.39, 0.29) is 24.3 Å². The van der Waals surface area contributed by atoms with Crippen molar-refractivity contribution in [3.05, 3.63) is 167 Å². The first kappa shape index (κ1) is 33.5. The molecule has 10 rings (SSSR count). The van der Waals surface area contributed by atoms with Crippen molar-refractivity contribution in [1.29, 1.82) is 0 Å². The largest absolute Gasteiger partial charge is 0.242 e. The zero-order valence-corrected chi connectivity index (χ0v) is 33.0. The third kappa shape index (κ3) is 4.46. The molecule has 54 heavy (non-hydrogen) atoms. The van der Waals surface area contributed by atoms with Crippen LogP contribution in [0.1, 0.15) is 101 Å². The molecule has 0 unspecified atom stereocenters. The molecule has 0 spiro atoms. The minimum atomic E-state index is -0.0729. The fourth-order valence-corrected chi connectivity index (χ4v) is 11.1. The molecular formula is C52H48B2. The van der Waals surface area contributed by atoms with Gasteiger partial charge in [0.15, 0.2) is 0 Å². The summed E-state index contributed by atoms with van der Waals surface area (Å²) in [5.41, 5.74) is 17.1. The second-order valence-electron chi connectivity index (χ2n) is 18.0. The summed E-state index contributed by atoms with van der Waals surface area (Å²) in [5.74, 6) is 0.754. The summed E-state index contributed by atoms with van der Waals surface area (Å²) in [5, 5.41) is 8.45. The van der Waals surface area contributed by atoms with Gasteiger partial charge in [0.2, 0.25) is 13.4 Å². The van der Waals surface area contributed by atoms with E-state index >= 15 is 0 Å². The van der Waals surface area contributed by atoms with Gasteiger partial charge in [-0.2, -0.15) is 0 Å². The molecule has 8 aromatic rings. The van der Waals surface area contributed by atoms with E-state index in [1.165, 1.54) is 98.5 Å². The number of benzene rings is 8. The van der Waals surface area contributed by atoms with Gasteiger partial charge >= 0.3 is 0 Å². The minimum absolute atomic E-state index is 0.0729. The van der Waals surface area contributed by atoms with Gasteiger partial charge in [-0.1, -0.05) is 222 Å². The summed E-state index contributed by atoms with van der Waals surface area (Å²) in [6.45, 7) is 19.4. The van der Waals surface area contributed by atoms with Crippen molar-refractivity contribution in [3.63, 3.8) is 0 Å². The van der Waals surface area contributed by atoms with Crippen molar-refractivity contribution in [2.45, 2.75) is 78.1 Å². The molecule has 0 atom stereocenters. The van der Waals surface area contributed by atoms with Crippen molar-refractivity contribution in [2.75, 3.05) is 0 Å². The predicted molar refractivity (Wildman–Crippen MR) is 238 cm³/mol. The molecule has 0 saturated carbocycles. The van der Waals surface area contributed by atoms with E-state index in [4.69, 9.17) is 0 Å². The van der Waals surface area contributed by atoms with Gasteiger partial charge in [0, 0.05) is 10.8 Å². The molecule has 0 N–H and O–H groups in total. The van der Waals surface area contributed by atoms with Crippen LogP contribution in [0.3, 0.4) is 0 Å². The standard InChI is InChI=1S/C52H48B2/c1-31(2)37-29-47(53-43-21-13-9-17-39(43)51(5,6)40-18-10-14-22-44(40)53)35-28-26-34-38(32(3)4)30-48(36-27-25-33(37)49(35)50(34)36)54-45-23-15-11-19-41(45)52(7,8)42-20-12-16-24-46(42)54/h9-32H,1-8H3. The van der Waals surface area contributed by atoms with Crippen molar-refractivity contribution >= 4 is 78.5 Å². The highest BCUT2D eigenvalue weighted by molar-refractivity contribution is 6.99. The molecule has 0 fully saturated rings. The molecule has 0 saturated heterocycles. The van der Waals surface area contributed by atoms with E-state index < -0.39 is 0 Å². The summed E-state index contributed by atoms with van der Waals surface area (Å²) in [6, 6.07) is 52.1. The Morgan fingerprint density at radius 1 is 0.352 bits per heavy atom. The summed E-state index contributed by atoms with van der Waals surface area (Å²) >= 11 is 0. The second-order valence-corrected chi connectivity index (χ2v) is 18.0. The van der Waals surface area contributed by atoms with Gasteiger partial charge in [-0.15, -0.1) is 0 Å². The highest BCUT2D eigenvalue weighted by Gasteiger charge is 2.42. The third-order valence-electron chi connectivity index (χ3n) is 13.7. The fourth-order valence-electron chi connectivity index (χ4n) is 11.1. The van der Waals surface area contributed by atoms with Gasteiger partial charge in [-0.25, -0.2) is 0 Å². The van der Waals surface area contributed by atoms with Crippen LogP contribution in [0.25, 0.3) is 32.3 Å². The second kappa shape index (κ2) is 11.7. The zero-order chi connectivity index (χ0) is 37.3. The fraction of sp³-hybridized carbons (Fsp3) is 0.231. The molecule has 2 heteroatoms. The number of hydrogen-bond donors (Lipinski definition) is 0. The Hall–Kier alpha value is -5.07. The lowest BCUT2D eigenvalue weighted by Crippen LogP contribution is -2.60. The summed E-state index contributed by atoms with van der Waals surface area (Å²) < 4.78 is 0. The number of rotatable bonds is 4. The SMILES string of the molecule is CC(C)c1cc(B2c3ccccc3C(C)(C)c3ccccc32)c2ccc3c(C(C)C)cc(B4c5ccccc5C(C)(C)c5ccccc54)c4ccc1c2c43. The normalized spacial score (nSPS) is 15.6. The predicted octanol–water partition coefficient (Wildman–Crippen LogP) is 9.14. The molecule has 0 aromatic heterocycles. The summed E-state index contributed by atoms with van der Waals surface area (Å²) in [6.07, 6.45) is 0. The quantitative estimate of drug-likeness (QED) is 0.127. The maximum absolute atomic E-state index is 2.59. The Morgan fingerprint density at radius 3 is 0.926 bits per heavy atom. The Morgan fingerprint density at radius 2 is 0.630 bits per heavy atom. The van der Waals surface area contributed by atoms with Crippen LogP contribution in [0.2, 0.25) is 0 Å².